The summed E-state index contributed by atoms with van der Waals surface area (Å²) in [5.74, 6) is -0.0687. The first kappa shape index (κ1) is 31.6. The van der Waals surface area contributed by atoms with Crippen molar-refractivity contribution in [3.63, 3.8) is 0 Å². The lowest BCUT2D eigenvalue weighted by molar-refractivity contribution is 0.0302. The molecule has 41 heavy (non-hydrogen) atoms. The molecule has 0 atom stereocenters. The third-order valence-corrected chi connectivity index (χ3v) is 10.4. The average Bonchev–Trinajstić information content (AvgIpc) is 3.29. The average molecular weight is 605 g/mol. The maximum absolute atomic E-state index is 13.7. The second-order valence-electron chi connectivity index (χ2n) is 12.0. The number of sulfonamides is 1. The molecule has 1 aromatic carbocycles. The Balaban J connectivity index is 1.59. The van der Waals surface area contributed by atoms with Crippen LogP contribution in [0.3, 0.4) is 0 Å². The van der Waals surface area contributed by atoms with Crippen molar-refractivity contribution < 1.29 is 22.7 Å². The molecule has 1 fully saturated rings. The van der Waals surface area contributed by atoms with Crippen LogP contribution >= 0.6 is 11.3 Å². The minimum absolute atomic E-state index is 0.0732. The van der Waals surface area contributed by atoms with Gasteiger partial charge in [0.2, 0.25) is 10.0 Å². The van der Waals surface area contributed by atoms with Crippen LogP contribution in [0.1, 0.15) is 72.7 Å². The lowest BCUT2D eigenvalue weighted by Gasteiger charge is -2.31. The second kappa shape index (κ2) is 13.3. The number of carbonyl (C=O) groups excluding carboxylic acids is 2. The SMILES string of the molecule is CC(C)CN(CC(C)C)S(=O)(=O)c1ccc(C(=O)Nc2sc3c(c2C(=O)N2CCOCC2)CCN(C(C)C)C3)cc1. The summed E-state index contributed by atoms with van der Waals surface area (Å²) in [5.41, 5.74) is 1.94. The first-order chi connectivity index (χ1) is 19.4. The van der Waals surface area contributed by atoms with Crippen LogP contribution in [0.15, 0.2) is 29.2 Å². The van der Waals surface area contributed by atoms with Crippen molar-refractivity contribution in [2.75, 3.05) is 51.3 Å². The molecule has 2 aromatic rings. The van der Waals surface area contributed by atoms with Crippen LogP contribution in [-0.4, -0.2) is 86.3 Å². The lowest BCUT2D eigenvalue weighted by atomic mass is 10.0. The van der Waals surface area contributed by atoms with E-state index in [2.05, 4.69) is 24.1 Å². The van der Waals surface area contributed by atoms with E-state index in [9.17, 15) is 18.0 Å². The summed E-state index contributed by atoms with van der Waals surface area (Å²) in [7, 11) is -3.70. The monoisotopic (exact) mass is 604 g/mol. The number of hydrogen-bond donors (Lipinski definition) is 1. The Hall–Kier alpha value is -2.31. The fourth-order valence-corrected chi connectivity index (χ4v) is 8.32. The molecule has 1 aromatic heterocycles. The summed E-state index contributed by atoms with van der Waals surface area (Å²) in [6.45, 7) is 16.8. The molecule has 226 valence electrons. The maximum Gasteiger partial charge on any atom is 0.257 e. The van der Waals surface area contributed by atoms with Crippen LogP contribution in [-0.2, 0) is 27.7 Å². The third-order valence-electron chi connectivity index (χ3n) is 7.45. The van der Waals surface area contributed by atoms with Gasteiger partial charge in [-0.3, -0.25) is 14.5 Å². The van der Waals surface area contributed by atoms with Gasteiger partial charge in [-0.25, -0.2) is 8.42 Å². The first-order valence-electron chi connectivity index (χ1n) is 14.6. The number of ether oxygens (including phenoxy) is 1. The lowest BCUT2D eigenvalue weighted by Crippen LogP contribution is -2.41. The Kier molecular flexibility index (Phi) is 10.3. The number of fused-ring (bicyclic) bond motifs is 1. The number of hydrogen-bond acceptors (Lipinski definition) is 7. The highest BCUT2D eigenvalue weighted by molar-refractivity contribution is 7.89. The molecular formula is C30H44N4O5S2. The molecule has 0 spiro atoms. The van der Waals surface area contributed by atoms with E-state index in [0.29, 0.717) is 61.6 Å². The van der Waals surface area contributed by atoms with Gasteiger partial charge in [-0.2, -0.15) is 4.31 Å². The smallest absolute Gasteiger partial charge is 0.257 e. The van der Waals surface area contributed by atoms with Gasteiger partial charge >= 0.3 is 0 Å². The summed E-state index contributed by atoms with van der Waals surface area (Å²) in [5, 5.41) is 3.56. The van der Waals surface area contributed by atoms with E-state index in [-0.39, 0.29) is 28.5 Å². The molecule has 0 radical (unpaired) electrons. The number of carbonyl (C=O) groups is 2. The Morgan fingerprint density at radius 2 is 1.59 bits per heavy atom. The second-order valence-corrected chi connectivity index (χ2v) is 15.1. The maximum atomic E-state index is 13.7. The highest BCUT2D eigenvalue weighted by Crippen LogP contribution is 2.39. The molecule has 11 heteroatoms. The van der Waals surface area contributed by atoms with Crippen molar-refractivity contribution in [3.05, 3.63) is 45.8 Å². The molecule has 1 saturated heterocycles. The van der Waals surface area contributed by atoms with E-state index < -0.39 is 10.0 Å². The molecule has 1 N–H and O–H groups in total. The van der Waals surface area contributed by atoms with Crippen molar-refractivity contribution >= 4 is 38.2 Å². The number of nitrogens with one attached hydrogen (secondary N) is 1. The van der Waals surface area contributed by atoms with Crippen LogP contribution in [0.4, 0.5) is 5.00 Å². The number of morpholine rings is 1. The third kappa shape index (κ3) is 7.37. The summed E-state index contributed by atoms with van der Waals surface area (Å²) >= 11 is 1.47. The standard InChI is InChI=1S/C30H44N4O5S2/c1-20(2)17-34(18-21(3)4)41(37,38)24-9-7-23(8-10-24)28(35)31-29-27(30(36)32-13-15-39-16-14-32)25-11-12-33(22(5)6)19-26(25)40-29/h7-10,20-22H,11-19H2,1-6H3,(H,31,35). The summed E-state index contributed by atoms with van der Waals surface area (Å²) in [6.07, 6.45) is 0.751. The molecule has 2 amide bonds. The van der Waals surface area contributed by atoms with Gasteiger partial charge in [0.15, 0.2) is 0 Å². The molecule has 0 aliphatic carbocycles. The van der Waals surface area contributed by atoms with Crippen LogP contribution in [0, 0.1) is 11.8 Å². The van der Waals surface area contributed by atoms with Gasteiger partial charge in [0.1, 0.15) is 5.00 Å². The van der Waals surface area contributed by atoms with E-state index in [1.807, 2.05) is 27.7 Å². The van der Waals surface area contributed by atoms with E-state index in [1.54, 1.807) is 17.0 Å². The number of thiophene rings is 1. The molecule has 0 saturated carbocycles. The van der Waals surface area contributed by atoms with Crippen LogP contribution in [0.2, 0.25) is 0 Å². The largest absolute Gasteiger partial charge is 0.378 e. The van der Waals surface area contributed by atoms with Crippen molar-refractivity contribution in [1.82, 2.24) is 14.1 Å². The Bertz CT molecular complexity index is 1320. The van der Waals surface area contributed by atoms with Crippen molar-refractivity contribution in [3.8, 4) is 0 Å². The topological polar surface area (TPSA) is 99.3 Å². The van der Waals surface area contributed by atoms with Crippen molar-refractivity contribution in [2.45, 2.75) is 65.4 Å². The molecule has 0 bridgehead atoms. The highest BCUT2D eigenvalue weighted by atomic mass is 32.2. The number of amides is 2. The van der Waals surface area contributed by atoms with Gasteiger partial charge < -0.3 is 15.0 Å². The molecule has 9 nitrogen and oxygen atoms in total. The van der Waals surface area contributed by atoms with Crippen molar-refractivity contribution in [1.29, 1.82) is 0 Å². The quantitative estimate of drug-likeness (QED) is 0.428. The molecule has 0 unspecified atom stereocenters. The number of benzene rings is 1. The molecule has 2 aliphatic rings. The predicted octanol–water partition coefficient (Wildman–Crippen LogP) is 4.54. The van der Waals surface area contributed by atoms with Gasteiger partial charge in [0, 0.05) is 55.8 Å². The number of anilines is 1. The molecule has 4 rings (SSSR count). The van der Waals surface area contributed by atoms with Crippen molar-refractivity contribution in [2.24, 2.45) is 11.8 Å². The molecular weight excluding hydrogens is 560 g/mol. The van der Waals surface area contributed by atoms with E-state index in [0.717, 1.165) is 30.0 Å². The fraction of sp³-hybridized carbons (Fsp3) is 0.600. The van der Waals surface area contributed by atoms with E-state index >= 15 is 0 Å². The Morgan fingerprint density at radius 1 is 0.976 bits per heavy atom. The fourth-order valence-electron chi connectivity index (χ4n) is 5.29. The number of rotatable bonds is 10. The number of nitrogens with zero attached hydrogens (tertiary/aromatic N) is 3. The van der Waals surface area contributed by atoms with Gasteiger partial charge in [-0.05, 0) is 61.9 Å². The van der Waals surface area contributed by atoms with E-state index in [1.165, 1.54) is 27.8 Å². The minimum atomic E-state index is -3.70. The van der Waals surface area contributed by atoms with Crippen LogP contribution in [0.5, 0.6) is 0 Å². The first-order valence-corrected chi connectivity index (χ1v) is 16.8. The van der Waals surface area contributed by atoms with Gasteiger partial charge in [0.05, 0.1) is 23.7 Å². The zero-order valence-corrected chi connectivity index (χ0v) is 26.7. The summed E-state index contributed by atoms with van der Waals surface area (Å²) < 4.78 is 33.8. The highest BCUT2D eigenvalue weighted by Gasteiger charge is 2.32. The zero-order valence-electron chi connectivity index (χ0n) is 25.1. The normalized spacial score (nSPS) is 16.6. The Labute approximate surface area is 248 Å². The zero-order chi connectivity index (χ0) is 29.9. The van der Waals surface area contributed by atoms with Gasteiger partial charge in [-0.15, -0.1) is 11.3 Å². The predicted molar refractivity (Wildman–Crippen MR) is 163 cm³/mol. The molecule has 2 aliphatic heterocycles. The van der Waals surface area contributed by atoms with Gasteiger partial charge in [-0.1, -0.05) is 27.7 Å². The van der Waals surface area contributed by atoms with Crippen LogP contribution in [0.25, 0.3) is 0 Å². The Morgan fingerprint density at radius 3 is 2.15 bits per heavy atom. The summed E-state index contributed by atoms with van der Waals surface area (Å²) in [4.78, 5) is 32.6. The van der Waals surface area contributed by atoms with Crippen LogP contribution < -0.4 is 5.32 Å². The van der Waals surface area contributed by atoms with E-state index in [4.69, 9.17) is 4.74 Å². The minimum Gasteiger partial charge on any atom is -0.378 e. The molecule has 3 heterocycles. The van der Waals surface area contributed by atoms with Gasteiger partial charge in [0.25, 0.3) is 11.8 Å². The summed E-state index contributed by atoms with van der Waals surface area (Å²) in [6, 6.07) is 6.47.